The first-order valence-corrected chi connectivity index (χ1v) is 5.51. The van der Waals surface area contributed by atoms with Crippen molar-refractivity contribution in [1.29, 1.82) is 0 Å². The summed E-state index contributed by atoms with van der Waals surface area (Å²) in [5.41, 5.74) is 8.19. The minimum atomic E-state index is 0.166. The van der Waals surface area contributed by atoms with Gasteiger partial charge in [0.2, 0.25) is 0 Å². The highest BCUT2D eigenvalue weighted by Crippen LogP contribution is 2.12. The maximum atomic E-state index is 5.82. The predicted octanol–water partition coefficient (Wildman–Crippen LogP) is 2.07. The van der Waals surface area contributed by atoms with Gasteiger partial charge < -0.3 is 10.3 Å². The predicted molar refractivity (Wildman–Crippen MR) is 65.7 cm³/mol. The van der Waals surface area contributed by atoms with E-state index in [0.717, 1.165) is 12.2 Å². The number of nitrogens with two attached hydrogens (primary N) is 1. The Morgan fingerprint density at radius 2 is 2.19 bits per heavy atom. The molecule has 0 aliphatic carbocycles. The van der Waals surface area contributed by atoms with Crippen molar-refractivity contribution >= 4 is 0 Å². The zero-order valence-electron chi connectivity index (χ0n) is 9.72. The molecule has 2 rings (SSSR count). The summed E-state index contributed by atoms with van der Waals surface area (Å²) in [6.07, 6.45) is 4.77. The Hall–Kier alpha value is -1.61. The van der Waals surface area contributed by atoms with Crippen molar-refractivity contribution in [1.82, 2.24) is 9.55 Å². The third kappa shape index (κ3) is 2.31. The summed E-state index contributed by atoms with van der Waals surface area (Å²) in [6.45, 7) is 4.05. The van der Waals surface area contributed by atoms with Gasteiger partial charge in [0.15, 0.2) is 0 Å². The van der Waals surface area contributed by atoms with Crippen LogP contribution in [0.1, 0.15) is 18.2 Å². The second-order valence-electron chi connectivity index (χ2n) is 4.24. The van der Waals surface area contributed by atoms with Crippen LogP contribution in [0.4, 0.5) is 0 Å². The Balaban J connectivity index is 2.33. The monoisotopic (exact) mass is 215 g/mol. The zero-order valence-corrected chi connectivity index (χ0v) is 9.72. The van der Waals surface area contributed by atoms with Gasteiger partial charge >= 0.3 is 0 Å². The van der Waals surface area contributed by atoms with Gasteiger partial charge in [0.25, 0.3) is 0 Å². The van der Waals surface area contributed by atoms with E-state index in [1.165, 1.54) is 11.3 Å². The molecule has 0 saturated heterocycles. The minimum Gasteiger partial charge on any atom is -0.328 e. The van der Waals surface area contributed by atoms with Gasteiger partial charge in [-0.25, -0.2) is 4.98 Å². The lowest BCUT2D eigenvalue weighted by molar-refractivity contribution is 0.706. The van der Waals surface area contributed by atoms with E-state index in [1.807, 2.05) is 38.4 Å². The molecule has 84 valence electrons. The number of rotatable bonds is 3. The van der Waals surface area contributed by atoms with Crippen LogP contribution >= 0.6 is 0 Å². The molecule has 0 aliphatic heterocycles. The lowest BCUT2D eigenvalue weighted by Crippen LogP contribution is -2.19. The molecule has 2 heterocycles. The maximum Gasteiger partial charge on any atom is 0.136 e. The molecule has 0 aromatic carbocycles. The highest BCUT2D eigenvalue weighted by molar-refractivity contribution is 5.29. The van der Waals surface area contributed by atoms with Crippen molar-refractivity contribution in [3.8, 4) is 5.82 Å². The first-order chi connectivity index (χ1) is 7.66. The average molecular weight is 215 g/mol. The molecule has 0 bridgehead atoms. The van der Waals surface area contributed by atoms with Crippen LogP contribution in [0.2, 0.25) is 0 Å². The zero-order chi connectivity index (χ0) is 11.5. The number of hydrogen-bond acceptors (Lipinski definition) is 2. The fourth-order valence-corrected chi connectivity index (χ4v) is 1.74. The normalized spacial score (nSPS) is 12.7. The lowest BCUT2D eigenvalue weighted by Gasteiger charge is -2.10. The topological polar surface area (TPSA) is 43.8 Å². The van der Waals surface area contributed by atoms with Gasteiger partial charge in [0.1, 0.15) is 5.82 Å². The summed E-state index contributed by atoms with van der Waals surface area (Å²) in [7, 11) is 0. The Morgan fingerprint density at radius 3 is 2.81 bits per heavy atom. The fourth-order valence-electron chi connectivity index (χ4n) is 1.74. The molecular weight excluding hydrogens is 198 g/mol. The van der Waals surface area contributed by atoms with Crippen LogP contribution in [0.5, 0.6) is 0 Å². The third-order valence-corrected chi connectivity index (χ3v) is 2.51. The van der Waals surface area contributed by atoms with Gasteiger partial charge in [-0.15, -0.1) is 0 Å². The number of nitrogens with zero attached hydrogens (tertiary/aromatic N) is 2. The molecule has 0 amide bonds. The highest BCUT2D eigenvalue weighted by atomic mass is 15.1. The van der Waals surface area contributed by atoms with Crippen LogP contribution in [0.25, 0.3) is 5.82 Å². The van der Waals surface area contributed by atoms with Crippen molar-refractivity contribution in [3.05, 3.63) is 47.9 Å². The van der Waals surface area contributed by atoms with Crippen LogP contribution in [0.3, 0.4) is 0 Å². The summed E-state index contributed by atoms with van der Waals surface area (Å²) in [4.78, 5) is 4.41. The molecule has 0 spiro atoms. The van der Waals surface area contributed by atoms with E-state index < -0.39 is 0 Å². The van der Waals surface area contributed by atoms with E-state index in [9.17, 15) is 0 Å². The Kier molecular flexibility index (Phi) is 3.06. The Morgan fingerprint density at radius 1 is 1.38 bits per heavy atom. The molecule has 1 unspecified atom stereocenters. The molecule has 0 fully saturated rings. The van der Waals surface area contributed by atoms with Gasteiger partial charge in [-0.3, -0.25) is 0 Å². The summed E-state index contributed by atoms with van der Waals surface area (Å²) >= 11 is 0. The van der Waals surface area contributed by atoms with Crippen LogP contribution < -0.4 is 5.73 Å². The molecule has 2 N–H and O–H groups in total. The molecule has 0 saturated carbocycles. The van der Waals surface area contributed by atoms with Crippen LogP contribution in [0.15, 0.2) is 36.7 Å². The van der Waals surface area contributed by atoms with Crippen molar-refractivity contribution in [2.24, 2.45) is 5.73 Å². The molecule has 3 heteroatoms. The number of aryl methyl sites for hydroxylation is 1. The van der Waals surface area contributed by atoms with E-state index in [1.54, 1.807) is 0 Å². The Labute approximate surface area is 95.9 Å². The summed E-state index contributed by atoms with van der Waals surface area (Å²) in [5, 5.41) is 0. The summed E-state index contributed by atoms with van der Waals surface area (Å²) in [5.74, 6) is 0.950. The minimum absolute atomic E-state index is 0.166. The molecule has 0 radical (unpaired) electrons. The van der Waals surface area contributed by atoms with Crippen molar-refractivity contribution in [3.63, 3.8) is 0 Å². The standard InChI is InChI=1S/C13H17N3/c1-10-5-6-13(15-9-10)16-7-3-4-12(16)8-11(2)14/h3-7,9,11H,8,14H2,1-2H3. The first-order valence-electron chi connectivity index (χ1n) is 5.51. The first kappa shape index (κ1) is 10.9. The largest absolute Gasteiger partial charge is 0.328 e. The quantitative estimate of drug-likeness (QED) is 0.851. The Bertz CT molecular complexity index is 454. The van der Waals surface area contributed by atoms with Crippen LogP contribution in [-0.2, 0) is 6.42 Å². The second-order valence-corrected chi connectivity index (χ2v) is 4.24. The van der Waals surface area contributed by atoms with E-state index >= 15 is 0 Å². The van der Waals surface area contributed by atoms with E-state index in [0.29, 0.717) is 0 Å². The molecule has 16 heavy (non-hydrogen) atoms. The van der Waals surface area contributed by atoms with E-state index in [2.05, 4.69) is 21.7 Å². The van der Waals surface area contributed by atoms with Gasteiger partial charge in [0.05, 0.1) is 0 Å². The summed E-state index contributed by atoms with van der Waals surface area (Å²) in [6, 6.07) is 8.38. The van der Waals surface area contributed by atoms with Crippen LogP contribution in [-0.4, -0.2) is 15.6 Å². The molecule has 2 aromatic rings. The number of hydrogen-bond donors (Lipinski definition) is 1. The molecular formula is C13H17N3. The van der Waals surface area contributed by atoms with Crippen molar-refractivity contribution in [2.75, 3.05) is 0 Å². The molecule has 3 nitrogen and oxygen atoms in total. The summed E-state index contributed by atoms with van der Waals surface area (Å²) < 4.78 is 2.09. The SMILES string of the molecule is Cc1ccc(-n2cccc2CC(C)N)nc1. The van der Waals surface area contributed by atoms with Gasteiger partial charge in [0, 0.05) is 30.6 Å². The van der Waals surface area contributed by atoms with Crippen molar-refractivity contribution < 1.29 is 0 Å². The third-order valence-electron chi connectivity index (χ3n) is 2.51. The van der Waals surface area contributed by atoms with E-state index in [4.69, 9.17) is 5.73 Å². The van der Waals surface area contributed by atoms with Gasteiger partial charge in [-0.2, -0.15) is 0 Å². The number of pyridine rings is 1. The van der Waals surface area contributed by atoms with Gasteiger partial charge in [-0.05, 0) is 37.6 Å². The fraction of sp³-hybridized carbons (Fsp3) is 0.308. The lowest BCUT2D eigenvalue weighted by atomic mass is 10.2. The molecule has 0 aliphatic rings. The highest BCUT2D eigenvalue weighted by Gasteiger charge is 2.05. The average Bonchev–Trinajstić information content (AvgIpc) is 2.66. The van der Waals surface area contributed by atoms with E-state index in [-0.39, 0.29) is 6.04 Å². The molecule has 1 atom stereocenters. The maximum absolute atomic E-state index is 5.82. The van der Waals surface area contributed by atoms with Crippen LogP contribution in [0, 0.1) is 6.92 Å². The smallest absolute Gasteiger partial charge is 0.136 e. The van der Waals surface area contributed by atoms with Crippen molar-refractivity contribution in [2.45, 2.75) is 26.3 Å². The second kappa shape index (κ2) is 4.49. The number of aromatic nitrogens is 2. The molecule has 2 aromatic heterocycles. The van der Waals surface area contributed by atoms with Gasteiger partial charge in [-0.1, -0.05) is 6.07 Å².